The van der Waals surface area contributed by atoms with Crippen molar-refractivity contribution >= 4 is 0 Å². The summed E-state index contributed by atoms with van der Waals surface area (Å²) in [6.07, 6.45) is 6.89. The molecule has 1 N–H and O–H groups in total. The van der Waals surface area contributed by atoms with Crippen LogP contribution < -0.4 is 0 Å². The topological polar surface area (TPSA) is 38.0 Å². The van der Waals surface area contributed by atoms with Crippen molar-refractivity contribution in [2.24, 2.45) is 17.8 Å². The third-order valence-electron chi connectivity index (χ3n) is 4.44. The Morgan fingerprint density at radius 3 is 2.75 bits per heavy atom. The molecular weight excluding hydrogens is 200 g/mol. The van der Waals surface area contributed by atoms with Gasteiger partial charge in [0.2, 0.25) is 0 Å². The second-order valence-electron chi connectivity index (χ2n) is 5.21. The zero-order valence-electron chi connectivity index (χ0n) is 9.84. The van der Waals surface area contributed by atoms with Crippen LogP contribution in [0.3, 0.4) is 0 Å². The monoisotopic (exact) mass is 220 g/mol. The fourth-order valence-electron chi connectivity index (χ4n) is 3.57. The van der Waals surface area contributed by atoms with Crippen molar-refractivity contribution < 1.29 is 5.11 Å². The van der Waals surface area contributed by atoms with Crippen LogP contribution in [0.25, 0.3) is 0 Å². The summed E-state index contributed by atoms with van der Waals surface area (Å²) in [6.45, 7) is 2.92. The summed E-state index contributed by atoms with van der Waals surface area (Å²) in [6, 6.07) is 1.97. The van der Waals surface area contributed by atoms with Crippen LogP contribution in [0, 0.1) is 17.8 Å². The number of aromatic nitrogens is 2. The summed E-state index contributed by atoms with van der Waals surface area (Å²) >= 11 is 0. The van der Waals surface area contributed by atoms with Crippen LogP contribution in [0.1, 0.15) is 44.4 Å². The summed E-state index contributed by atoms with van der Waals surface area (Å²) in [4.78, 5) is 0. The molecule has 0 bridgehead atoms. The molecule has 88 valence electrons. The van der Waals surface area contributed by atoms with Gasteiger partial charge in [-0.25, -0.2) is 0 Å². The fourth-order valence-corrected chi connectivity index (χ4v) is 3.57. The second-order valence-corrected chi connectivity index (χ2v) is 5.21. The number of rotatable bonds is 3. The van der Waals surface area contributed by atoms with Crippen molar-refractivity contribution in [2.45, 2.75) is 45.3 Å². The number of aryl methyl sites for hydroxylation is 1. The van der Waals surface area contributed by atoms with Crippen molar-refractivity contribution in [1.29, 1.82) is 0 Å². The van der Waals surface area contributed by atoms with E-state index in [1.54, 1.807) is 6.20 Å². The Labute approximate surface area is 96.5 Å². The summed E-state index contributed by atoms with van der Waals surface area (Å²) in [5.41, 5.74) is 1.02. The molecule has 0 amide bonds. The molecule has 3 heteroatoms. The molecule has 1 heterocycles. The lowest BCUT2D eigenvalue weighted by Crippen LogP contribution is -2.10. The van der Waals surface area contributed by atoms with Crippen molar-refractivity contribution in [3.63, 3.8) is 0 Å². The molecule has 0 saturated heterocycles. The summed E-state index contributed by atoms with van der Waals surface area (Å²) in [7, 11) is 0. The number of hydrogen-bond acceptors (Lipinski definition) is 2. The first-order chi connectivity index (χ1) is 7.83. The van der Waals surface area contributed by atoms with E-state index in [1.807, 2.05) is 10.7 Å². The van der Waals surface area contributed by atoms with E-state index in [9.17, 15) is 5.11 Å². The quantitative estimate of drug-likeness (QED) is 0.849. The van der Waals surface area contributed by atoms with Gasteiger partial charge in [0.1, 0.15) is 0 Å². The first-order valence-corrected chi connectivity index (χ1v) is 6.52. The SMILES string of the molecule is CCn1nccc1C(O)C1C2CCCCC21. The fraction of sp³-hybridized carbons (Fsp3) is 0.769. The molecule has 2 saturated carbocycles. The van der Waals surface area contributed by atoms with Crippen molar-refractivity contribution in [3.05, 3.63) is 18.0 Å². The zero-order valence-corrected chi connectivity index (χ0v) is 9.84. The summed E-state index contributed by atoms with van der Waals surface area (Å²) in [5.74, 6) is 2.11. The lowest BCUT2D eigenvalue weighted by molar-refractivity contribution is 0.132. The average Bonchev–Trinajstić information content (AvgIpc) is 2.84. The third kappa shape index (κ3) is 1.49. The van der Waals surface area contributed by atoms with Crippen LogP contribution in [0.4, 0.5) is 0 Å². The molecule has 2 aliphatic rings. The number of aliphatic hydroxyl groups is 1. The van der Waals surface area contributed by atoms with Crippen LogP contribution >= 0.6 is 0 Å². The first kappa shape index (κ1) is 10.3. The Hall–Kier alpha value is -0.830. The Balaban J connectivity index is 1.76. The lowest BCUT2D eigenvalue weighted by Gasteiger charge is -2.12. The van der Waals surface area contributed by atoms with E-state index < -0.39 is 0 Å². The van der Waals surface area contributed by atoms with Crippen molar-refractivity contribution in [3.8, 4) is 0 Å². The maximum absolute atomic E-state index is 10.4. The lowest BCUT2D eigenvalue weighted by atomic mass is 10.0. The molecular formula is C13H20N2O. The van der Waals surface area contributed by atoms with E-state index in [0.29, 0.717) is 5.92 Å². The standard InChI is InChI=1S/C13H20N2O/c1-2-15-11(7-8-14-15)13(16)12-9-5-3-4-6-10(9)12/h7-10,12-13,16H,2-6H2,1H3. The number of hydrogen-bond donors (Lipinski definition) is 1. The minimum Gasteiger partial charge on any atom is -0.387 e. The molecule has 16 heavy (non-hydrogen) atoms. The Morgan fingerprint density at radius 2 is 2.12 bits per heavy atom. The van der Waals surface area contributed by atoms with Gasteiger partial charge in [0.15, 0.2) is 0 Å². The van der Waals surface area contributed by atoms with Crippen LogP contribution in [-0.4, -0.2) is 14.9 Å². The van der Waals surface area contributed by atoms with E-state index in [-0.39, 0.29) is 6.10 Å². The van der Waals surface area contributed by atoms with E-state index in [4.69, 9.17) is 0 Å². The minimum atomic E-state index is -0.282. The molecule has 3 rings (SSSR count). The van der Waals surface area contributed by atoms with Crippen LogP contribution in [0.15, 0.2) is 12.3 Å². The van der Waals surface area contributed by atoms with E-state index in [1.165, 1.54) is 25.7 Å². The average molecular weight is 220 g/mol. The maximum atomic E-state index is 10.4. The van der Waals surface area contributed by atoms with Gasteiger partial charge in [0.25, 0.3) is 0 Å². The highest BCUT2D eigenvalue weighted by atomic mass is 16.3. The summed E-state index contributed by atoms with van der Waals surface area (Å²) < 4.78 is 1.93. The third-order valence-corrected chi connectivity index (χ3v) is 4.44. The Bertz CT molecular complexity index is 362. The zero-order chi connectivity index (χ0) is 11.1. The first-order valence-electron chi connectivity index (χ1n) is 6.52. The van der Waals surface area contributed by atoms with Crippen LogP contribution in [0.5, 0.6) is 0 Å². The smallest absolute Gasteiger partial charge is 0.0990 e. The molecule has 3 atom stereocenters. The predicted molar refractivity (Wildman–Crippen MR) is 61.8 cm³/mol. The largest absolute Gasteiger partial charge is 0.387 e. The molecule has 0 radical (unpaired) electrons. The highest BCUT2D eigenvalue weighted by Gasteiger charge is 2.54. The molecule has 2 fully saturated rings. The van der Waals surface area contributed by atoms with Gasteiger partial charge in [-0.1, -0.05) is 12.8 Å². The number of nitrogens with zero attached hydrogens (tertiary/aromatic N) is 2. The van der Waals surface area contributed by atoms with E-state index >= 15 is 0 Å². The highest BCUT2D eigenvalue weighted by Crippen LogP contribution is 2.60. The second kappa shape index (κ2) is 3.88. The minimum absolute atomic E-state index is 0.282. The molecule has 3 unspecified atom stereocenters. The van der Waals surface area contributed by atoms with Crippen molar-refractivity contribution in [1.82, 2.24) is 9.78 Å². The van der Waals surface area contributed by atoms with Gasteiger partial charge in [0, 0.05) is 12.7 Å². The van der Waals surface area contributed by atoms with Gasteiger partial charge in [0.05, 0.1) is 11.8 Å². The highest BCUT2D eigenvalue weighted by molar-refractivity contribution is 5.13. The molecule has 2 aliphatic carbocycles. The van der Waals surface area contributed by atoms with Crippen molar-refractivity contribution in [2.75, 3.05) is 0 Å². The van der Waals surface area contributed by atoms with Gasteiger partial charge < -0.3 is 5.11 Å². The molecule has 0 aliphatic heterocycles. The Kier molecular flexibility index (Phi) is 2.51. The molecule has 1 aromatic heterocycles. The molecule has 0 spiro atoms. The van der Waals surface area contributed by atoms with Gasteiger partial charge in [-0.3, -0.25) is 4.68 Å². The van der Waals surface area contributed by atoms with Gasteiger partial charge in [-0.15, -0.1) is 0 Å². The van der Waals surface area contributed by atoms with Gasteiger partial charge >= 0.3 is 0 Å². The molecule has 0 aromatic carbocycles. The normalized spacial score (nSPS) is 34.5. The molecule has 3 nitrogen and oxygen atoms in total. The Morgan fingerprint density at radius 1 is 1.44 bits per heavy atom. The van der Waals surface area contributed by atoms with E-state index in [0.717, 1.165) is 24.1 Å². The van der Waals surface area contributed by atoms with Gasteiger partial charge in [-0.2, -0.15) is 5.10 Å². The van der Waals surface area contributed by atoms with Crippen LogP contribution in [0.2, 0.25) is 0 Å². The predicted octanol–water partition coefficient (Wildman–Crippen LogP) is 2.37. The van der Waals surface area contributed by atoms with Gasteiger partial charge in [-0.05, 0) is 43.6 Å². The summed E-state index contributed by atoms with van der Waals surface area (Å²) in [5, 5.41) is 14.7. The molecule has 1 aromatic rings. The maximum Gasteiger partial charge on any atom is 0.0990 e. The number of fused-ring (bicyclic) bond motifs is 1. The van der Waals surface area contributed by atoms with E-state index in [2.05, 4.69) is 12.0 Å². The number of aliphatic hydroxyl groups excluding tert-OH is 1. The van der Waals surface area contributed by atoms with Crippen LogP contribution in [-0.2, 0) is 6.54 Å².